The van der Waals surface area contributed by atoms with Crippen LogP contribution in [-0.4, -0.2) is 62.8 Å². The first-order valence-corrected chi connectivity index (χ1v) is 10.1. The lowest BCUT2D eigenvalue weighted by molar-refractivity contribution is 0.0950. The van der Waals surface area contributed by atoms with E-state index >= 15 is 0 Å². The number of hydrogen-bond donors (Lipinski definition) is 1. The summed E-state index contributed by atoms with van der Waals surface area (Å²) in [4.78, 5) is 1.87. The predicted molar refractivity (Wildman–Crippen MR) is 93.3 cm³/mol. The molecule has 1 N–H and O–H groups in total. The molecule has 6 nitrogen and oxygen atoms in total. The molecule has 2 atom stereocenters. The van der Waals surface area contributed by atoms with E-state index in [2.05, 4.69) is 6.92 Å². The van der Waals surface area contributed by atoms with Crippen LogP contribution in [-0.2, 0) is 16.4 Å². The Kier molecular flexibility index (Phi) is 6.48. The van der Waals surface area contributed by atoms with Crippen molar-refractivity contribution in [2.24, 2.45) is 0 Å². The summed E-state index contributed by atoms with van der Waals surface area (Å²) in [6, 6.07) is 5.27. The Labute approximate surface area is 144 Å². The normalized spacial score (nSPS) is 22.7. The molecule has 1 aromatic rings. The van der Waals surface area contributed by atoms with Crippen molar-refractivity contribution in [3.63, 3.8) is 0 Å². The molecule has 0 bridgehead atoms. The summed E-state index contributed by atoms with van der Waals surface area (Å²) >= 11 is 0. The van der Waals surface area contributed by atoms with Gasteiger partial charge in [0.2, 0.25) is 0 Å². The number of rotatable bonds is 8. The number of aliphatic hydroxyl groups is 1. The number of nitrogens with zero attached hydrogens (tertiary/aromatic N) is 1. The second kappa shape index (κ2) is 8.18. The second-order valence-corrected chi connectivity index (χ2v) is 8.43. The maximum Gasteiger partial charge on any atom is 0.165 e. The second-order valence-electron chi connectivity index (χ2n) is 6.28. The summed E-state index contributed by atoms with van der Waals surface area (Å²) in [5, 5.41) is 10.0. The van der Waals surface area contributed by atoms with Crippen LogP contribution in [0.4, 0.5) is 0 Å². The molecule has 1 aliphatic heterocycles. The zero-order valence-corrected chi connectivity index (χ0v) is 15.4. The van der Waals surface area contributed by atoms with Crippen LogP contribution in [0, 0.1) is 0 Å². The third-order valence-electron chi connectivity index (χ3n) is 4.30. The molecule has 24 heavy (non-hydrogen) atoms. The van der Waals surface area contributed by atoms with Gasteiger partial charge in [-0.2, -0.15) is 0 Å². The Hall–Kier alpha value is -1.31. The van der Waals surface area contributed by atoms with Gasteiger partial charge in [0.15, 0.2) is 21.3 Å². The average molecular weight is 357 g/mol. The van der Waals surface area contributed by atoms with Crippen LogP contribution in [0.1, 0.15) is 25.3 Å². The van der Waals surface area contributed by atoms with E-state index < -0.39 is 22.0 Å². The van der Waals surface area contributed by atoms with E-state index in [1.54, 1.807) is 7.11 Å². The standard InChI is InChI=1S/C17H27NO5S/c1-4-5-9-23-17-13(7-6-8-16(17)22-3)10-18(2)14-11-24(20,21)12-15(14)19/h6-8,14-15,19H,4-5,9-12H2,1-3H3/t14-,15-/m1/s1. The zero-order chi connectivity index (χ0) is 17.7. The fourth-order valence-corrected chi connectivity index (χ4v) is 4.82. The maximum atomic E-state index is 11.7. The van der Waals surface area contributed by atoms with E-state index in [4.69, 9.17) is 9.47 Å². The van der Waals surface area contributed by atoms with Crippen LogP contribution in [0.15, 0.2) is 18.2 Å². The van der Waals surface area contributed by atoms with Crippen molar-refractivity contribution in [3.05, 3.63) is 23.8 Å². The molecule has 0 unspecified atom stereocenters. The molecule has 0 spiro atoms. The number of unbranched alkanes of at least 4 members (excludes halogenated alkanes) is 1. The summed E-state index contributed by atoms with van der Waals surface area (Å²) < 4.78 is 34.7. The topological polar surface area (TPSA) is 76.1 Å². The largest absolute Gasteiger partial charge is 0.493 e. The van der Waals surface area contributed by atoms with Gasteiger partial charge in [0.05, 0.1) is 37.4 Å². The van der Waals surface area contributed by atoms with Gasteiger partial charge < -0.3 is 14.6 Å². The SMILES string of the molecule is CCCCOc1c(CN(C)[C@@H]2CS(=O)(=O)C[C@H]2O)cccc1OC. The smallest absolute Gasteiger partial charge is 0.165 e. The van der Waals surface area contributed by atoms with Crippen molar-refractivity contribution in [2.75, 3.05) is 32.3 Å². The Morgan fingerprint density at radius 2 is 2.08 bits per heavy atom. The summed E-state index contributed by atoms with van der Waals surface area (Å²) in [6.45, 7) is 3.19. The molecule has 0 aromatic heterocycles. The fraction of sp³-hybridized carbons (Fsp3) is 0.647. The van der Waals surface area contributed by atoms with Crippen molar-refractivity contribution >= 4 is 9.84 Å². The fourth-order valence-electron chi connectivity index (χ4n) is 2.95. The number of benzene rings is 1. The number of ether oxygens (including phenoxy) is 2. The molecule has 1 heterocycles. The Balaban J connectivity index is 2.16. The Morgan fingerprint density at radius 3 is 2.67 bits per heavy atom. The molecule has 0 radical (unpaired) electrons. The van der Waals surface area contributed by atoms with E-state index in [0.29, 0.717) is 24.7 Å². The molecule has 0 saturated carbocycles. The lowest BCUT2D eigenvalue weighted by atomic mass is 10.1. The molecule has 2 rings (SSSR count). The van der Waals surface area contributed by atoms with E-state index in [-0.39, 0.29) is 11.5 Å². The monoisotopic (exact) mass is 357 g/mol. The minimum absolute atomic E-state index is 0.0132. The minimum Gasteiger partial charge on any atom is -0.493 e. The highest BCUT2D eigenvalue weighted by atomic mass is 32.2. The molecule has 1 fully saturated rings. The molecule has 1 aromatic carbocycles. The van der Waals surface area contributed by atoms with Gasteiger partial charge in [0, 0.05) is 12.1 Å². The highest BCUT2D eigenvalue weighted by molar-refractivity contribution is 7.91. The molecule has 136 valence electrons. The lowest BCUT2D eigenvalue weighted by Gasteiger charge is -2.27. The highest BCUT2D eigenvalue weighted by Gasteiger charge is 2.38. The molecule has 1 aliphatic rings. The van der Waals surface area contributed by atoms with Crippen LogP contribution in [0.2, 0.25) is 0 Å². The first-order chi connectivity index (χ1) is 11.4. The van der Waals surface area contributed by atoms with Gasteiger partial charge >= 0.3 is 0 Å². The number of para-hydroxylation sites is 1. The number of sulfone groups is 1. The molecule has 1 saturated heterocycles. The molecule has 0 aliphatic carbocycles. The van der Waals surface area contributed by atoms with Crippen molar-refractivity contribution in [2.45, 2.75) is 38.5 Å². The number of methoxy groups -OCH3 is 1. The molecule has 0 amide bonds. The summed E-state index contributed by atoms with van der Waals surface area (Å²) in [5.74, 6) is 1.17. The molecule has 7 heteroatoms. The van der Waals surface area contributed by atoms with E-state index in [1.165, 1.54) is 0 Å². The van der Waals surface area contributed by atoms with Gasteiger partial charge in [-0.1, -0.05) is 25.5 Å². The van der Waals surface area contributed by atoms with E-state index in [9.17, 15) is 13.5 Å². The number of hydrogen-bond acceptors (Lipinski definition) is 6. The summed E-state index contributed by atoms with van der Waals surface area (Å²) in [5.41, 5.74) is 0.921. The third kappa shape index (κ3) is 4.62. The van der Waals surface area contributed by atoms with Crippen LogP contribution in [0.25, 0.3) is 0 Å². The average Bonchev–Trinajstić information content (AvgIpc) is 2.81. The van der Waals surface area contributed by atoms with Gasteiger partial charge in [-0.15, -0.1) is 0 Å². The van der Waals surface area contributed by atoms with Gasteiger partial charge in [-0.3, -0.25) is 4.90 Å². The van der Waals surface area contributed by atoms with Crippen LogP contribution < -0.4 is 9.47 Å². The lowest BCUT2D eigenvalue weighted by Crippen LogP contribution is -2.40. The zero-order valence-electron chi connectivity index (χ0n) is 14.6. The molecular formula is C17H27NO5S. The Bertz CT molecular complexity index is 646. The molecular weight excluding hydrogens is 330 g/mol. The number of likely N-dealkylation sites (N-methyl/N-ethyl adjacent to an activating group) is 1. The summed E-state index contributed by atoms with van der Waals surface area (Å²) in [6.07, 6.45) is 1.14. The van der Waals surface area contributed by atoms with Crippen LogP contribution >= 0.6 is 0 Å². The van der Waals surface area contributed by atoms with Crippen LogP contribution in [0.3, 0.4) is 0 Å². The first-order valence-electron chi connectivity index (χ1n) is 8.25. The van der Waals surface area contributed by atoms with Crippen molar-refractivity contribution in [1.82, 2.24) is 4.90 Å². The van der Waals surface area contributed by atoms with Gasteiger partial charge in [0.1, 0.15) is 0 Å². The third-order valence-corrected chi connectivity index (χ3v) is 6.00. The van der Waals surface area contributed by atoms with Crippen LogP contribution in [0.5, 0.6) is 11.5 Å². The quantitative estimate of drug-likeness (QED) is 0.710. The van der Waals surface area contributed by atoms with E-state index in [0.717, 1.165) is 18.4 Å². The van der Waals surface area contributed by atoms with Gasteiger partial charge in [-0.05, 0) is 19.5 Å². The number of aliphatic hydroxyl groups excluding tert-OH is 1. The van der Waals surface area contributed by atoms with Crippen molar-refractivity contribution < 1.29 is 23.0 Å². The minimum atomic E-state index is -3.17. The van der Waals surface area contributed by atoms with Gasteiger partial charge in [-0.25, -0.2) is 8.42 Å². The predicted octanol–water partition coefficient (Wildman–Crippen LogP) is 1.46. The summed E-state index contributed by atoms with van der Waals surface area (Å²) in [7, 11) is 0.253. The Morgan fingerprint density at radius 1 is 1.33 bits per heavy atom. The van der Waals surface area contributed by atoms with E-state index in [1.807, 2.05) is 30.1 Å². The van der Waals surface area contributed by atoms with Gasteiger partial charge in [0.25, 0.3) is 0 Å². The highest BCUT2D eigenvalue weighted by Crippen LogP contribution is 2.33. The van der Waals surface area contributed by atoms with Crippen molar-refractivity contribution in [1.29, 1.82) is 0 Å². The first kappa shape index (κ1) is 19.0. The maximum absolute atomic E-state index is 11.7. The van der Waals surface area contributed by atoms with Crippen molar-refractivity contribution in [3.8, 4) is 11.5 Å².